The number of hydrogen-bond acceptors (Lipinski definition) is 5. The molecule has 6 heteroatoms. The van der Waals surface area contributed by atoms with Crippen molar-refractivity contribution in [2.75, 3.05) is 57.8 Å². The minimum absolute atomic E-state index is 0.112. The molecular formula is C21H27N5O. The number of rotatable bonds is 3. The van der Waals surface area contributed by atoms with Gasteiger partial charge in [-0.05, 0) is 24.7 Å². The molecule has 0 spiro atoms. The van der Waals surface area contributed by atoms with Crippen LogP contribution in [0.3, 0.4) is 0 Å². The number of pyridine rings is 1. The van der Waals surface area contributed by atoms with Gasteiger partial charge in [0.15, 0.2) is 0 Å². The van der Waals surface area contributed by atoms with Crippen LogP contribution in [-0.2, 0) is 0 Å². The van der Waals surface area contributed by atoms with E-state index in [1.165, 1.54) is 5.56 Å². The number of nitrogens with zero attached hydrogens (tertiary/aromatic N) is 4. The Morgan fingerprint density at radius 2 is 1.85 bits per heavy atom. The van der Waals surface area contributed by atoms with E-state index >= 15 is 0 Å². The second-order valence-corrected chi connectivity index (χ2v) is 7.36. The van der Waals surface area contributed by atoms with E-state index in [2.05, 4.69) is 51.4 Å². The summed E-state index contributed by atoms with van der Waals surface area (Å²) in [5.41, 5.74) is 2.02. The van der Waals surface area contributed by atoms with Crippen LogP contribution in [0.4, 0.5) is 5.82 Å². The molecule has 27 heavy (non-hydrogen) atoms. The SMILES string of the molecule is CN1CCN(C(=O)c2ccnc(N3CCNC(c4ccccc4)C3)c2)CC1. The smallest absolute Gasteiger partial charge is 0.254 e. The van der Waals surface area contributed by atoms with Gasteiger partial charge in [0, 0.05) is 63.6 Å². The molecule has 4 rings (SSSR count). The predicted octanol–water partition coefficient (Wildman–Crippen LogP) is 1.62. The second kappa shape index (κ2) is 8.06. The number of aromatic nitrogens is 1. The number of nitrogens with one attached hydrogen (secondary N) is 1. The number of amides is 1. The van der Waals surface area contributed by atoms with E-state index in [-0.39, 0.29) is 11.9 Å². The maximum absolute atomic E-state index is 12.9. The first-order valence-corrected chi connectivity index (χ1v) is 9.68. The molecular weight excluding hydrogens is 338 g/mol. The highest BCUT2D eigenvalue weighted by Gasteiger charge is 2.24. The van der Waals surface area contributed by atoms with Gasteiger partial charge in [-0.1, -0.05) is 30.3 Å². The fraction of sp³-hybridized carbons (Fsp3) is 0.429. The number of benzene rings is 1. The largest absolute Gasteiger partial charge is 0.353 e. The number of hydrogen-bond donors (Lipinski definition) is 1. The zero-order valence-electron chi connectivity index (χ0n) is 15.8. The molecule has 2 aliphatic rings. The van der Waals surface area contributed by atoms with E-state index in [1.807, 2.05) is 23.1 Å². The van der Waals surface area contributed by atoms with Crippen molar-refractivity contribution in [3.8, 4) is 0 Å². The summed E-state index contributed by atoms with van der Waals surface area (Å²) in [6.45, 7) is 6.08. The van der Waals surface area contributed by atoms with Gasteiger partial charge in [0.05, 0.1) is 0 Å². The average Bonchev–Trinajstić information content (AvgIpc) is 2.75. The molecule has 0 saturated carbocycles. The summed E-state index contributed by atoms with van der Waals surface area (Å²) < 4.78 is 0. The lowest BCUT2D eigenvalue weighted by atomic mass is 10.0. The summed E-state index contributed by atoms with van der Waals surface area (Å²) in [6, 6.07) is 14.6. The molecule has 2 saturated heterocycles. The lowest BCUT2D eigenvalue weighted by Crippen LogP contribution is -2.47. The third-order valence-electron chi connectivity index (χ3n) is 5.48. The first-order valence-electron chi connectivity index (χ1n) is 9.68. The first-order chi connectivity index (χ1) is 13.2. The molecule has 1 N–H and O–H groups in total. The summed E-state index contributed by atoms with van der Waals surface area (Å²) >= 11 is 0. The van der Waals surface area contributed by atoms with Crippen molar-refractivity contribution < 1.29 is 4.79 Å². The second-order valence-electron chi connectivity index (χ2n) is 7.36. The fourth-order valence-corrected chi connectivity index (χ4v) is 3.78. The molecule has 1 aromatic carbocycles. The topological polar surface area (TPSA) is 51.7 Å². The van der Waals surface area contributed by atoms with E-state index in [0.29, 0.717) is 0 Å². The monoisotopic (exact) mass is 365 g/mol. The molecule has 2 aliphatic heterocycles. The van der Waals surface area contributed by atoms with Gasteiger partial charge in [0.25, 0.3) is 5.91 Å². The number of carbonyl (C=O) groups is 1. The Hall–Kier alpha value is -2.44. The molecule has 1 unspecified atom stereocenters. The zero-order chi connectivity index (χ0) is 18.6. The van der Waals surface area contributed by atoms with Gasteiger partial charge in [0.2, 0.25) is 0 Å². The molecule has 1 atom stereocenters. The average molecular weight is 365 g/mol. The molecule has 0 bridgehead atoms. The molecule has 3 heterocycles. The predicted molar refractivity (Wildman–Crippen MR) is 107 cm³/mol. The van der Waals surface area contributed by atoms with Gasteiger partial charge in [-0.25, -0.2) is 4.98 Å². The van der Waals surface area contributed by atoms with Crippen LogP contribution >= 0.6 is 0 Å². The van der Waals surface area contributed by atoms with Crippen molar-refractivity contribution in [1.29, 1.82) is 0 Å². The van der Waals surface area contributed by atoms with Crippen LogP contribution in [0.1, 0.15) is 22.0 Å². The Balaban J connectivity index is 1.48. The highest BCUT2D eigenvalue weighted by atomic mass is 16.2. The number of likely N-dealkylation sites (N-methyl/N-ethyl adjacent to an activating group) is 1. The van der Waals surface area contributed by atoms with Crippen LogP contribution < -0.4 is 10.2 Å². The van der Waals surface area contributed by atoms with E-state index in [9.17, 15) is 4.79 Å². The van der Waals surface area contributed by atoms with Crippen molar-refractivity contribution in [3.63, 3.8) is 0 Å². The van der Waals surface area contributed by atoms with E-state index in [1.54, 1.807) is 6.20 Å². The van der Waals surface area contributed by atoms with Crippen LogP contribution in [0.15, 0.2) is 48.7 Å². The van der Waals surface area contributed by atoms with Gasteiger partial charge in [0.1, 0.15) is 5.82 Å². The minimum Gasteiger partial charge on any atom is -0.353 e. The fourth-order valence-electron chi connectivity index (χ4n) is 3.78. The van der Waals surface area contributed by atoms with Gasteiger partial charge in [-0.15, -0.1) is 0 Å². The van der Waals surface area contributed by atoms with Gasteiger partial charge < -0.3 is 20.0 Å². The summed E-state index contributed by atoms with van der Waals surface area (Å²) in [6.07, 6.45) is 1.76. The highest BCUT2D eigenvalue weighted by molar-refractivity contribution is 5.95. The Labute approximate surface area is 160 Å². The van der Waals surface area contributed by atoms with Crippen molar-refractivity contribution in [3.05, 3.63) is 59.8 Å². The van der Waals surface area contributed by atoms with Gasteiger partial charge in [-0.2, -0.15) is 0 Å². The minimum atomic E-state index is 0.112. The van der Waals surface area contributed by atoms with Crippen LogP contribution in [0.25, 0.3) is 0 Å². The molecule has 1 aromatic heterocycles. The van der Waals surface area contributed by atoms with Crippen molar-refractivity contribution in [2.24, 2.45) is 0 Å². The maximum Gasteiger partial charge on any atom is 0.254 e. The van der Waals surface area contributed by atoms with Gasteiger partial charge in [-0.3, -0.25) is 4.79 Å². The molecule has 0 aliphatic carbocycles. The van der Waals surface area contributed by atoms with E-state index in [4.69, 9.17) is 0 Å². The first kappa shape index (κ1) is 17.9. The molecule has 6 nitrogen and oxygen atoms in total. The summed E-state index contributed by atoms with van der Waals surface area (Å²) in [7, 11) is 2.10. The lowest BCUT2D eigenvalue weighted by molar-refractivity contribution is 0.0664. The third kappa shape index (κ3) is 4.12. The van der Waals surface area contributed by atoms with Gasteiger partial charge >= 0.3 is 0 Å². The normalized spacial score (nSPS) is 21.3. The molecule has 2 fully saturated rings. The van der Waals surface area contributed by atoms with Crippen LogP contribution in [0.2, 0.25) is 0 Å². The van der Waals surface area contributed by atoms with Crippen LogP contribution in [-0.4, -0.2) is 73.6 Å². The number of piperazine rings is 2. The van der Waals surface area contributed by atoms with Crippen molar-refractivity contribution in [1.82, 2.24) is 20.1 Å². The molecule has 142 valence electrons. The van der Waals surface area contributed by atoms with Crippen molar-refractivity contribution in [2.45, 2.75) is 6.04 Å². The van der Waals surface area contributed by atoms with E-state index in [0.717, 1.165) is 57.2 Å². The Bertz CT molecular complexity index is 773. The maximum atomic E-state index is 12.9. The van der Waals surface area contributed by atoms with Crippen molar-refractivity contribution >= 4 is 11.7 Å². The lowest BCUT2D eigenvalue weighted by Gasteiger charge is -2.35. The number of carbonyl (C=O) groups excluding carboxylic acids is 1. The van der Waals surface area contributed by atoms with Crippen LogP contribution in [0.5, 0.6) is 0 Å². The summed E-state index contributed by atoms with van der Waals surface area (Å²) in [4.78, 5) is 23.9. The third-order valence-corrected chi connectivity index (χ3v) is 5.48. The Morgan fingerprint density at radius 1 is 1.07 bits per heavy atom. The summed E-state index contributed by atoms with van der Waals surface area (Å²) in [5, 5.41) is 3.58. The highest BCUT2D eigenvalue weighted by Crippen LogP contribution is 2.22. The van der Waals surface area contributed by atoms with Crippen LogP contribution in [0, 0.1) is 0 Å². The molecule has 0 radical (unpaired) electrons. The number of anilines is 1. The molecule has 1 amide bonds. The Morgan fingerprint density at radius 3 is 2.63 bits per heavy atom. The summed E-state index contributed by atoms with van der Waals surface area (Å²) in [5.74, 6) is 0.999. The zero-order valence-corrected chi connectivity index (χ0v) is 15.8. The quantitative estimate of drug-likeness (QED) is 0.896. The van der Waals surface area contributed by atoms with E-state index < -0.39 is 0 Å². The molecule has 2 aromatic rings. The standard InChI is InChI=1S/C21H27N5O/c1-24-11-13-25(14-12-24)21(27)18-7-8-23-20(15-18)26-10-9-22-19(16-26)17-5-3-2-4-6-17/h2-8,15,19,22H,9-14,16H2,1H3. The Kier molecular flexibility index (Phi) is 5.36.